The molecule has 0 aromatic heterocycles. The Morgan fingerprint density at radius 3 is 2.42 bits per heavy atom. The largest absolute Gasteiger partial charge is 0.496 e. The van der Waals surface area contributed by atoms with Crippen LogP contribution in [0.5, 0.6) is 5.75 Å². The molecular weight excluding hydrogens is 414 g/mol. The highest BCUT2D eigenvalue weighted by Crippen LogP contribution is 2.26. The van der Waals surface area contributed by atoms with Crippen molar-refractivity contribution in [3.63, 3.8) is 0 Å². The summed E-state index contributed by atoms with van der Waals surface area (Å²) in [5, 5.41) is 3.76. The van der Waals surface area contributed by atoms with Crippen LogP contribution in [0, 0.1) is 5.92 Å². The van der Waals surface area contributed by atoms with Gasteiger partial charge in [-0.3, -0.25) is 14.5 Å². The number of ether oxygens (including phenoxy) is 1. The lowest BCUT2D eigenvalue weighted by Crippen LogP contribution is -2.48. The highest BCUT2D eigenvalue weighted by atomic mass is 35.5. The van der Waals surface area contributed by atoms with Crippen molar-refractivity contribution in [2.75, 3.05) is 39.8 Å². The third-order valence-corrected chi connectivity index (χ3v) is 6.47. The first kappa shape index (κ1) is 23.6. The number of piperidine rings is 2. The van der Waals surface area contributed by atoms with Crippen LogP contribution in [0.2, 0.25) is 5.02 Å². The monoisotopic (exact) mass is 447 g/mol. The van der Waals surface area contributed by atoms with E-state index in [4.69, 9.17) is 16.3 Å². The van der Waals surface area contributed by atoms with Crippen LogP contribution >= 0.6 is 11.6 Å². The van der Waals surface area contributed by atoms with Crippen LogP contribution in [0.1, 0.15) is 49.9 Å². The first-order valence-electron chi connectivity index (χ1n) is 11.2. The molecule has 7 heteroatoms. The second-order valence-corrected chi connectivity index (χ2v) is 9.21. The minimum atomic E-state index is -0.0954. The maximum absolute atomic E-state index is 12.9. The molecule has 31 heavy (non-hydrogen) atoms. The number of nitrogens with zero attached hydrogens (tertiary/aromatic N) is 2. The number of likely N-dealkylation sites (tertiary alicyclic amines) is 2. The summed E-state index contributed by atoms with van der Waals surface area (Å²) in [6.45, 7) is 8.40. The van der Waals surface area contributed by atoms with Gasteiger partial charge >= 0.3 is 0 Å². The number of methoxy groups -OCH3 is 1. The molecule has 0 radical (unpaired) electrons. The average molecular weight is 448 g/mol. The van der Waals surface area contributed by atoms with Gasteiger partial charge in [0.05, 0.1) is 12.7 Å². The van der Waals surface area contributed by atoms with Gasteiger partial charge in [-0.15, -0.1) is 0 Å². The van der Waals surface area contributed by atoms with Gasteiger partial charge in [0.15, 0.2) is 0 Å². The van der Waals surface area contributed by atoms with Gasteiger partial charge in [0, 0.05) is 49.7 Å². The van der Waals surface area contributed by atoms with Crippen molar-refractivity contribution in [2.24, 2.45) is 5.92 Å². The van der Waals surface area contributed by atoms with E-state index in [0.29, 0.717) is 42.3 Å². The molecule has 2 amide bonds. The molecule has 0 unspecified atom stereocenters. The molecule has 2 fully saturated rings. The zero-order chi connectivity index (χ0) is 22.4. The molecule has 170 valence electrons. The SMILES string of the molecule is COc1ccc(Cl)cc1C(=O)N1CCC(C(=O)NC2CCN(CC=C(C)C)CC2)CC1. The Morgan fingerprint density at radius 1 is 1.13 bits per heavy atom. The second-order valence-electron chi connectivity index (χ2n) is 8.78. The summed E-state index contributed by atoms with van der Waals surface area (Å²) in [6, 6.07) is 5.32. The fraction of sp³-hybridized carbons (Fsp3) is 0.583. The van der Waals surface area contributed by atoms with Crippen molar-refractivity contribution < 1.29 is 14.3 Å². The predicted molar refractivity (Wildman–Crippen MR) is 124 cm³/mol. The number of nitrogens with one attached hydrogen (secondary N) is 1. The fourth-order valence-electron chi connectivity index (χ4n) is 4.25. The summed E-state index contributed by atoms with van der Waals surface area (Å²) in [5.41, 5.74) is 1.81. The van der Waals surface area contributed by atoms with E-state index in [0.717, 1.165) is 32.5 Å². The molecule has 1 aromatic rings. The van der Waals surface area contributed by atoms with Crippen molar-refractivity contribution in [2.45, 2.75) is 45.6 Å². The van der Waals surface area contributed by atoms with Gasteiger partial charge in [-0.05, 0) is 57.7 Å². The molecule has 0 bridgehead atoms. The van der Waals surface area contributed by atoms with E-state index in [2.05, 4.69) is 30.1 Å². The number of hydrogen-bond donors (Lipinski definition) is 1. The van der Waals surface area contributed by atoms with Gasteiger partial charge in [0.2, 0.25) is 5.91 Å². The summed E-state index contributed by atoms with van der Waals surface area (Å²) in [5.74, 6) is 0.524. The van der Waals surface area contributed by atoms with Crippen LogP contribution in [0.15, 0.2) is 29.8 Å². The summed E-state index contributed by atoms with van der Waals surface area (Å²) in [7, 11) is 1.54. The lowest BCUT2D eigenvalue weighted by Gasteiger charge is -2.35. The molecule has 0 saturated carbocycles. The van der Waals surface area contributed by atoms with Gasteiger partial charge in [-0.25, -0.2) is 0 Å². The van der Waals surface area contributed by atoms with Crippen molar-refractivity contribution >= 4 is 23.4 Å². The van der Waals surface area contributed by atoms with Crippen molar-refractivity contribution in [3.8, 4) is 5.75 Å². The van der Waals surface area contributed by atoms with Gasteiger partial charge in [0.25, 0.3) is 5.91 Å². The molecule has 6 nitrogen and oxygen atoms in total. The lowest BCUT2D eigenvalue weighted by molar-refractivity contribution is -0.127. The fourth-order valence-corrected chi connectivity index (χ4v) is 4.43. The molecule has 2 saturated heterocycles. The number of carbonyl (C=O) groups excluding carboxylic acids is 2. The first-order valence-corrected chi connectivity index (χ1v) is 11.5. The Hall–Kier alpha value is -2.05. The number of benzene rings is 1. The predicted octanol–water partition coefficient (Wildman–Crippen LogP) is 3.75. The number of carbonyl (C=O) groups is 2. The highest BCUT2D eigenvalue weighted by Gasteiger charge is 2.30. The highest BCUT2D eigenvalue weighted by molar-refractivity contribution is 6.31. The number of amides is 2. The van der Waals surface area contributed by atoms with E-state index in [-0.39, 0.29) is 23.8 Å². The molecular formula is C24H34ClN3O3. The van der Waals surface area contributed by atoms with Gasteiger partial charge in [0.1, 0.15) is 5.75 Å². The number of rotatable bonds is 6. The molecule has 3 rings (SSSR count). The molecule has 0 spiro atoms. The number of hydrogen-bond acceptors (Lipinski definition) is 4. The summed E-state index contributed by atoms with van der Waals surface area (Å²) < 4.78 is 5.31. The van der Waals surface area contributed by atoms with E-state index in [1.165, 1.54) is 5.57 Å². The van der Waals surface area contributed by atoms with Gasteiger partial charge in [-0.1, -0.05) is 23.3 Å². The van der Waals surface area contributed by atoms with E-state index in [9.17, 15) is 9.59 Å². The normalized spacial score (nSPS) is 18.5. The molecule has 0 aliphatic carbocycles. The second kappa shape index (κ2) is 11.0. The van der Waals surface area contributed by atoms with Crippen molar-refractivity contribution in [1.29, 1.82) is 0 Å². The van der Waals surface area contributed by atoms with Crippen molar-refractivity contribution in [3.05, 3.63) is 40.4 Å². The Bertz CT molecular complexity index is 806. The molecule has 1 N–H and O–H groups in total. The summed E-state index contributed by atoms with van der Waals surface area (Å²) in [6.07, 6.45) is 5.61. The summed E-state index contributed by atoms with van der Waals surface area (Å²) in [4.78, 5) is 29.9. The van der Waals surface area contributed by atoms with Crippen LogP contribution in [0.3, 0.4) is 0 Å². The molecule has 0 atom stereocenters. The third-order valence-electron chi connectivity index (χ3n) is 6.24. The van der Waals surface area contributed by atoms with Crippen LogP contribution in [0.4, 0.5) is 0 Å². The van der Waals surface area contributed by atoms with Crippen LogP contribution in [-0.4, -0.2) is 67.5 Å². The van der Waals surface area contributed by atoms with Crippen LogP contribution in [0.25, 0.3) is 0 Å². The van der Waals surface area contributed by atoms with Crippen LogP contribution in [-0.2, 0) is 4.79 Å². The Balaban J connectivity index is 1.46. The third kappa shape index (κ3) is 6.47. The van der Waals surface area contributed by atoms with E-state index in [1.54, 1.807) is 30.2 Å². The summed E-state index contributed by atoms with van der Waals surface area (Å²) >= 11 is 6.07. The van der Waals surface area contributed by atoms with Gasteiger partial charge in [-0.2, -0.15) is 0 Å². The number of allylic oxidation sites excluding steroid dienone is 1. The molecule has 2 heterocycles. The Morgan fingerprint density at radius 2 is 1.81 bits per heavy atom. The Labute approximate surface area is 190 Å². The quantitative estimate of drug-likeness (QED) is 0.674. The molecule has 2 aliphatic heterocycles. The molecule has 2 aliphatic rings. The smallest absolute Gasteiger partial charge is 0.257 e. The van der Waals surface area contributed by atoms with E-state index >= 15 is 0 Å². The topological polar surface area (TPSA) is 61.9 Å². The van der Waals surface area contributed by atoms with E-state index < -0.39 is 0 Å². The van der Waals surface area contributed by atoms with Crippen molar-refractivity contribution in [1.82, 2.24) is 15.1 Å². The minimum absolute atomic E-state index is 0.0333. The average Bonchev–Trinajstić information content (AvgIpc) is 2.78. The van der Waals surface area contributed by atoms with E-state index in [1.807, 2.05) is 0 Å². The van der Waals surface area contributed by atoms with Gasteiger partial charge < -0.3 is 15.0 Å². The lowest BCUT2D eigenvalue weighted by atomic mass is 9.94. The molecule has 1 aromatic carbocycles. The Kier molecular flexibility index (Phi) is 8.38. The maximum Gasteiger partial charge on any atom is 0.257 e. The number of halogens is 1. The maximum atomic E-state index is 12.9. The minimum Gasteiger partial charge on any atom is -0.496 e. The zero-order valence-electron chi connectivity index (χ0n) is 18.8. The first-order chi connectivity index (χ1) is 14.9. The zero-order valence-corrected chi connectivity index (χ0v) is 19.6. The standard InChI is InChI=1S/C24H34ClN3O3/c1-17(2)6-11-27-12-9-20(10-13-27)26-23(29)18-7-14-28(15-8-18)24(30)21-16-19(25)4-5-22(21)31-3/h4-6,16,18,20H,7-15H2,1-3H3,(H,26,29). The van der Waals surface area contributed by atoms with Crippen LogP contribution < -0.4 is 10.1 Å².